The van der Waals surface area contributed by atoms with Crippen LogP contribution in [0.4, 0.5) is 5.95 Å². The van der Waals surface area contributed by atoms with E-state index >= 15 is 0 Å². The molecule has 36 valence electrons. The van der Waals surface area contributed by atoms with Gasteiger partial charge in [-0.2, -0.15) is 0 Å². The molecular formula is CH5N5Sr. The Kier molecular flexibility index (Phi) is 3.53. The number of anilines is 1. The zero-order chi connectivity index (χ0) is 4.41. The van der Waals surface area contributed by atoms with Crippen molar-refractivity contribution in [2.24, 2.45) is 0 Å². The minimum atomic E-state index is 0. The molecule has 0 atom stereocenters. The normalized spacial score (nSPS) is 7.43. The number of aromatic nitrogens is 4. The van der Waals surface area contributed by atoms with Crippen LogP contribution in [0.2, 0.25) is 0 Å². The SMILES string of the molecule is Nc1nnn[nH]1.[SrH2]. The van der Waals surface area contributed by atoms with E-state index in [0.717, 1.165) is 0 Å². The number of nitrogens with two attached hydrogens (primary N) is 1. The third-order valence-corrected chi connectivity index (χ3v) is 0.362. The molecule has 0 radical (unpaired) electrons. The summed E-state index contributed by atoms with van der Waals surface area (Å²) >= 11 is 0. The molecule has 6 heteroatoms. The van der Waals surface area contributed by atoms with Crippen molar-refractivity contribution in [1.82, 2.24) is 20.6 Å². The van der Waals surface area contributed by atoms with Gasteiger partial charge in [0.25, 0.3) is 0 Å². The van der Waals surface area contributed by atoms with Gasteiger partial charge in [0.1, 0.15) is 0 Å². The second-order valence-corrected chi connectivity index (χ2v) is 0.786. The number of H-pyrrole nitrogens is 1. The Morgan fingerprint density at radius 3 is 2.43 bits per heavy atom. The predicted octanol–water partition coefficient (Wildman–Crippen LogP) is -2.13. The van der Waals surface area contributed by atoms with Gasteiger partial charge >= 0.3 is 45.5 Å². The molecule has 0 unspecified atom stereocenters. The molecule has 0 spiro atoms. The summed E-state index contributed by atoms with van der Waals surface area (Å²) in [7, 11) is 0. The third kappa shape index (κ3) is 2.22. The van der Waals surface area contributed by atoms with Crippen LogP contribution in [0, 0.1) is 0 Å². The molecule has 0 fully saturated rings. The zero-order valence-corrected chi connectivity index (χ0v) is 2.92. The van der Waals surface area contributed by atoms with Gasteiger partial charge in [-0.25, -0.2) is 5.10 Å². The van der Waals surface area contributed by atoms with E-state index in [1.54, 1.807) is 0 Å². The molecule has 0 amide bonds. The first kappa shape index (κ1) is 7.35. The van der Waals surface area contributed by atoms with E-state index in [0.29, 0.717) is 0 Å². The number of hydrogen-bond acceptors (Lipinski definition) is 4. The third-order valence-electron chi connectivity index (χ3n) is 0.362. The van der Waals surface area contributed by atoms with Gasteiger partial charge in [0, 0.05) is 0 Å². The fourth-order valence-corrected chi connectivity index (χ4v) is 0.166. The van der Waals surface area contributed by atoms with Crippen molar-refractivity contribution in [3.05, 3.63) is 0 Å². The number of nitrogens with zero attached hydrogens (tertiary/aromatic N) is 3. The molecule has 7 heavy (non-hydrogen) atoms. The fourth-order valence-electron chi connectivity index (χ4n) is 0.166. The number of aromatic amines is 1. The van der Waals surface area contributed by atoms with Gasteiger partial charge in [0.15, 0.2) is 0 Å². The molecule has 0 aromatic carbocycles. The van der Waals surface area contributed by atoms with E-state index < -0.39 is 0 Å². The number of nitrogen functional groups attached to an aromatic ring is 1. The molecule has 1 aromatic heterocycles. The second kappa shape index (κ2) is 3.36. The van der Waals surface area contributed by atoms with Crippen molar-refractivity contribution in [2.75, 3.05) is 5.73 Å². The first-order valence-electron chi connectivity index (χ1n) is 1.39. The predicted molar refractivity (Wildman–Crippen MR) is 27.1 cm³/mol. The Hall–Kier alpha value is 0.351. The van der Waals surface area contributed by atoms with Crippen LogP contribution in [0.15, 0.2) is 0 Å². The van der Waals surface area contributed by atoms with Gasteiger partial charge in [0.2, 0.25) is 5.95 Å². The molecule has 0 bridgehead atoms. The van der Waals surface area contributed by atoms with Crippen LogP contribution in [0.3, 0.4) is 0 Å². The van der Waals surface area contributed by atoms with Gasteiger partial charge in [-0.3, -0.25) is 0 Å². The van der Waals surface area contributed by atoms with Crippen molar-refractivity contribution in [3.8, 4) is 0 Å². The molecule has 0 aliphatic heterocycles. The summed E-state index contributed by atoms with van der Waals surface area (Å²) in [5, 5.41) is 11.9. The topological polar surface area (TPSA) is 80.5 Å². The molecule has 1 rings (SSSR count). The van der Waals surface area contributed by atoms with Crippen LogP contribution in [-0.2, 0) is 0 Å². The van der Waals surface area contributed by atoms with Gasteiger partial charge in [-0.1, -0.05) is 5.10 Å². The quantitative estimate of drug-likeness (QED) is 0.441. The Bertz CT molecular complexity index is 112. The van der Waals surface area contributed by atoms with E-state index in [-0.39, 0.29) is 51.4 Å². The molecule has 0 saturated carbocycles. The van der Waals surface area contributed by atoms with Gasteiger partial charge in [-0.15, -0.1) is 0 Å². The maximum absolute atomic E-state index is 4.99. The van der Waals surface area contributed by atoms with Crippen molar-refractivity contribution >= 4 is 51.4 Å². The van der Waals surface area contributed by atoms with Crippen LogP contribution in [0.1, 0.15) is 0 Å². The summed E-state index contributed by atoms with van der Waals surface area (Å²) in [4.78, 5) is 0. The fraction of sp³-hybridized carbons (Fsp3) is 0. The van der Waals surface area contributed by atoms with E-state index in [9.17, 15) is 0 Å². The van der Waals surface area contributed by atoms with Gasteiger partial charge in [0.05, 0.1) is 0 Å². The molecule has 1 aromatic rings. The van der Waals surface area contributed by atoms with Gasteiger partial charge in [-0.05, 0) is 10.4 Å². The standard InChI is InChI=1S/CH3N5.Sr.2H/c2-1-3-5-6-4-1;;;/h(H3,2,3,4,5,6);;;. The molecule has 3 N–H and O–H groups in total. The summed E-state index contributed by atoms with van der Waals surface area (Å²) < 4.78 is 0. The zero-order valence-electron chi connectivity index (χ0n) is 2.92. The van der Waals surface area contributed by atoms with Crippen molar-refractivity contribution < 1.29 is 0 Å². The number of tetrazole rings is 1. The molecule has 0 aliphatic carbocycles. The average molecular weight is 175 g/mol. The Balaban J connectivity index is 0.000000360. The van der Waals surface area contributed by atoms with E-state index in [1.165, 1.54) is 0 Å². The van der Waals surface area contributed by atoms with E-state index in [1.807, 2.05) is 0 Å². The summed E-state index contributed by atoms with van der Waals surface area (Å²) in [6.45, 7) is 0. The molecule has 5 nitrogen and oxygen atoms in total. The Morgan fingerprint density at radius 2 is 2.29 bits per heavy atom. The van der Waals surface area contributed by atoms with Crippen LogP contribution in [0.25, 0.3) is 0 Å². The Labute approximate surface area is 76.9 Å². The minimum absolute atomic E-state index is 0. The number of rotatable bonds is 0. The van der Waals surface area contributed by atoms with Crippen molar-refractivity contribution in [1.29, 1.82) is 0 Å². The molecule has 0 aliphatic rings. The average Bonchev–Trinajstić information content (AvgIpc) is 1.86. The molecular weight excluding hydrogens is 170 g/mol. The monoisotopic (exact) mass is 175 g/mol. The Morgan fingerprint density at radius 1 is 1.57 bits per heavy atom. The van der Waals surface area contributed by atoms with Crippen molar-refractivity contribution in [3.63, 3.8) is 0 Å². The van der Waals surface area contributed by atoms with Crippen molar-refractivity contribution in [2.45, 2.75) is 0 Å². The number of nitrogens with one attached hydrogen (secondary N) is 1. The molecule has 1 heterocycles. The maximum atomic E-state index is 4.99. The summed E-state index contributed by atoms with van der Waals surface area (Å²) in [6, 6.07) is 0. The number of hydrogen-bond donors (Lipinski definition) is 2. The van der Waals surface area contributed by atoms with Crippen LogP contribution in [-0.4, -0.2) is 66.1 Å². The molecule has 0 saturated heterocycles. The van der Waals surface area contributed by atoms with Crippen LogP contribution >= 0.6 is 0 Å². The van der Waals surface area contributed by atoms with Crippen LogP contribution in [0.5, 0.6) is 0 Å². The van der Waals surface area contributed by atoms with E-state index in [4.69, 9.17) is 5.73 Å². The summed E-state index contributed by atoms with van der Waals surface area (Å²) in [5.74, 6) is 0.245. The van der Waals surface area contributed by atoms with E-state index in [2.05, 4.69) is 20.6 Å². The summed E-state index contributed by atoms with van der Waals surface area (Å²) in [5.41, 5.74) is 4.99. The first-order chi connectivity index (χ1) is 2.89. The first-order valence-corrected chi connectivity index (χ1v) is 1.39. The van der Waals surface area contributed by atoms with Crippen LogP contribution < -0.4 is 5.73 Å². The summed E-state index contributed by atoms with van der Waals surface area (Å²) in [6.07, 6.45) is 0. The van der Waals surface area contributed by atoms with Gasteiger partial charge < -0.3 is 5.73 Å². The second-order valence-electron chi connectivity index (χ2n) is 0.786.